The molecule has 4 nitrogen and oxygen atoms in total. The molecule has 6 heteroatoms. The van der Waals surface area contributed by atoms with Crippen LogP contribution >= 0.6 is 11.3 Å². The lowest BCUT2D eigenvalue weighted by Gasteiger charge is -2.08. The molecule has 1 aromatic rings. The Labute approximate surface area is 120 Å². The van der Waals surface area contributed by atoms with Crippen molar-refractivity contribution in [3.8, 4) is 11.8 Å². The molecule has 1 aromatic heterocycles. The first-order chi connectivity index (χ1) is 9.04. The van der Waals surface area contributed by atoms with Crippen LogP contribution in [0.15, 0.2) is 12.1 Å². The number of amides is 1. The number of carbonyl (C=O) groups excluding carboxylic acids is 1. The van der Waals surface area contributed by atoms with E-state index >= 15 is 0 Å². The van der Waals surface area contributed by atoms with Crippen LogP contribution in [0.3, 0.4) is 0 Å². The highest BCUT2D eigenvalue weighted by Gasteiger charge is 2.10. The molecule has 0 fully saturated rings. The fourth-order valence-corrected chi connectivity index (χ4v) is 2.55. The maximum atomic E-state index is 11.8. The highest BCUT2D eigenvalue weighted by molar-refractivity contribution is 7.84. The summed E-state index contributed by atoms with van der Waals surface area (Å²) in [6.07, 6.45) is 2.38. The van der Waals surface area contributed by atoms with Gasteiger partial charge in [0.1, 0.15) is 0 Å². The topological polar surface area (TPSA) is 72.2 Å². The molecule has 0 aliphatic carbocycles. The van der Waals surface area contributed by atoms with E-state index in [0.717, 1.165) is 4.88 Å². The van der Waals surface area contributed by atoms with Gasteiger partial charge in [0.05, 0.1) is 16.3 Å². The number of nitrogens with one attached hydrogen (secondary N) is 1. The highest BCUT2D eigenvalue weighted by Crippen LogP contribution is 2.15. The van der Waals surface area contributed by atoms with Crippen LogP contribution in [-0.4, -0.2) is 34.7 Å². The molecule has 0 saturated carbocycles. The summed E-state index contributed by atoms with van der Waals surface area (Å²) in [7, 11) is -0.848. The van der Waals surface area contributed by atoms with Crippen molar-refractivity contribution >= 4 is 28.0 Å². The van der Waals surface area contributed by atoms with Crippen LogP contribution in [0.5, 0.6) is 0 Å². The van der Waals surface area contributed by atoms with Crippen LogP contribution in [0.1, 0.15) is 27.9 Å². The number of carbonyl (C=O) groups is 1. The average molecular weight is 298 g/mol. The van der Waals surface area contributed by atoms with Gasteiger partial charge in [-0.1, -0.05) is 18.8 Å². The lowest BCUT2D eigenvalue weighted by molar-refractivity contribution is 0.0957. The van der Waals surface area contributed by atoms with Crippen molar-refractivity contribution in [3.05, 3.63) is 21.9 Å². The predicted molar refractivity (Wildman–Crippen MR) is 80.7 cm³/mol. The molecule has 1 heterocycles. The monoisotopic (exact) mass is 298 g/mol. The lowest BCUT2D eigenvalue weighted by atomic mass is 10.3. The van der Waals surface area contributed by atoms with Crippen LogP contribution in [0, 0.1) is 11.8 Å². The van der Waals surface area contributed by atoms with Crippen molar-refractivity contribution < 1.29 is 9.00 Å². The van der Waals surface area contributed by atoms with E-state index in [1.807, 2.05) is 13.0 Å². The van der Waals surface area contributed by atoms with Crippen LogP contribution in [-0.2, 0) is 10.8 Å². The summed E-state index contributed by atoms with van der Waals surface area (Å²) in [4.78, 5) is 13.3. The highest BCUT2D eigenvalue weighted by atomic mass is 32.2. The van der Waals surface area contributed by atoms with Crippen molar-refractivity contribution in [2.45, 2.75) is 18.6 Å². The number of nitrogens with two attached hydrogens (primary N) is 1. The first-order valence-corrected chi connectivity index (χ1v) is 8.37. The van der Waals surface area contributed by atoms with Crippen LogP contribution in [0.4, 0.5) is 0 Å². The van der Waals surface area contributed by atoms with Gasteiger partial charge in [0.15, 0.2) is 0 Å². The van der Waals surface area contributed by atoms with Gasteiger partial charge < -0.3 is 11.1 Å². The summed E-state index contributed by atoms with van der Waals surface area (Å²) in [5.41, 5.74) is 5.29. The number of thiophene rings is 1. The fraction of sp³-hybridized carbons (Fsp3) is 0.462. The Balaban J connectivity index is 2.45. The molecule has 1 rings (SSSR count). The Morgan fingerprint density at radius 3 is 2.95 bits per heavy atom. The van der Waals surface area contributed by atoms with E-state index in [2.05, 4.69) is 17.2 Å². The Hall–Kier alpha value is -1.16. The normalized spacial score (nSPS) is 13.2. The SMILES string of the molecule is CC(CCNC(=O)c1ccc(C#CCN)s1)S(C)=O. The standard InChI is InChI=1S/C13H18N2O2S2/c1-10(19(2)17)7-9-15-13(16)12-6-5-11(18-12)4-3-8-14/h5-6,10H,7-9,14H2,1-2H3,(H,15,16). The van der Waals surface area contributed by atoms with E-state index in [1.54, 1.807) is 12.3 Å². The average Bonchev–Trinajstić information content (AvgIpc) is 2.84. The largest absolute Gasteiger partial charge is 0.351 e. The second kappa shape index (κ2) is 8.10. The second-order valence-corrected chi connectivity index (χ2v) is 6.91. The molecule has 0 spiro atoms. The second-order valence-electron chi connectivity index (χ2n) is 4.02. The van der Waals surface area contributed by atoms with E-state index in [1.165, 1.54) is 11.3 Å². The minimum absolute atomic E-state index is 0.0922. The van der Waals surface area contributed by atoms with Gasteiger partial charge in [-0.2, -0.15) is 0 Å². The minimum Gasteiger partial charge on any atom is -0.351 e. The quantitative estimate of drug-likeness (QED) is 0.795. The Morgan fingerprint density at radius 2 is 2.32 bits per heavy atom. The molecule has 2 atom stereocenters. The van der Waals surface area contributed by atoms with Crippen molar-refractivity contribution in [1.29, 1.82) is 0 Å². The molecular formula is C13H18N2O2S2. The summed E-state index contributed by atoms with van der Waals surface area (Å²) in [6.45, 7) is 2.75. The Bertz CT molecular complexity index is 514. The predicted octanol–water partition coefficient (Wildman–Crippen LogP) is 0.945. The van der Waals surface area contributed by atoms with Gasteiger partial charge >= 0.3 is 0 Å². The van der Waals surface area contributed by atoms with Gasteiger partial charge in [0.25, 0.3) is 5.91 Å². The van der Waals surface area contributed by atoms with Gasteiger partial charge in [0, 0.05) is 28.9 Å². The number of hydrogen-bond donors (Lipinski definition) is 2. The molecule has 2 unspecified atom stereocenters. The molecule has 0 bridgehead atoms. The molecule has 0 aromatic carbocycles. The van der Waals surface area contributed by atoms with Crippen molar-refractivity contribution in [2.75, 3.05) is 19.3 Å². The lowest BCUT2D eigenvalue weighted by Crippen LogP contribution is -2.26. The van der Waals surface area contributed by atoms with Gasteiger partial charge in [-0.3, -0.25) is 9.00 Å². The third-order valence-corrected chi connectivity index (χ3v) is 4.91. The first kappa shape index (κ1) is 15.9. The number of hydrogen-bond acceptors (Lipinski definition) is 4. The molecule has 0 aliphatic rings. The number of rotatable bonds is 5. The molecule has 0 radical (unpaired) electrons. The van der Waals surface area contributed by atoms with E-state index in [-0.39, 0.29) is 11.2 Å². The van der Waals surface area contributed by atoms with Gasteiger partial charge in [-0.05, 0) is 18.6 Å². The van der Waals surface area contributed by atoms with Crippen LogP contribution in [0.2, 0.25) is 0 Å². The fourth-order valence-electron chi connectivity index (χ4n) is 1.31. The van der Waals surface area contributed by atoms with E-state index in [9.17, 15) is 9.00 Å². The zero-order valence-corrected chi connectivity index (χ0v) is 12.7. The summed E-state index contributed by atoms with van der Waals surface area (Å²) in [5, 5.41) is 2.91. The van der Waals surface area contributed by atoms with Gasteiger partial charge in [-0.15, -0.1) is 11.3 Å². The Kier molecular flexibility index (Phi) is 6.78. The summed E-state index contributed by atoms with van der Waals surface area (Å²) >= 11 is 1.34. The zero-order chi connectivity index (χ0) is 14.3. The first-order valence-electron chi connectivity index (χ1n) is 5.93. The summed E-state index contributed by atoms with van der Waals surface area (Å²) < 4.78 is 11.2. The zero-order valence-electron chi connectivity index (χ0n) is 11.1. The maximum absolute atomic E-state index is 11.8. The van der Waals surface area contributed by atoms with Gasteiger partial charge in [0.2, 0.25) is 0 Å². The molecule has 3 N–H and O–H groups in total. The molecule has 0 saturated heterocycles. The third kappa shape index (κ3) is 5.55. The Morgan fingerprint density at radius 1 is 1.58 bits per heavy atom. The molecule has 19 heavy (non-hydrogen) atoms. The smallest absolute Gasteiger partial charge is 0.261 e. The maximum Gasteiger partial charge on any atom is 0.261 e. The molecule has 1 amide bonds. The van der Waals surface area contributed by atoms with Crippen molar-refractivity contribution in [2.24, 2.45) is 5.73 Å². The third-order valence-electron chi connectivity index (χ3n) is 2.55. The summed E-state index contributed by atoms with van der Waals surface area (Å²) in [6, 6.07) is 3.56. The van der Waals surface area contributed by atoms with Crippen molar-refractivity contribution in [1.82, 2.24) is 5.32 Å². The van der Waals surface area contributed by atoms with Crippen molar-refractivity contribution in [3.63, 3.8) is 0 Å². The van der Waals surface area contributed by atoms with Gasteiger partial charge in [-0.25, -0.2) is 0 Å². The van der Waals surface area contributed by atoms with E-state index < -0.39 is 10.8 Å². The summed E-state index contributed by atoms with van der Waals surface area (Å²) in [5.74, 6) is 5.53. The molecule has 104 valence electrons. The molecule has 0 aliphatic heterocycles. The van der Waals surface area contributed by atoms with Crippen LogP contribution in [0.25, 0.3) is 0 Å². The van der Waals surface area contributed by atoms with E-state index in [0.29, 0.717) is 24.4 Å². The minimum atomic E-state index is -0.848. The van der Waals surface area contributed by atoms with Crippen LogP contribution < -0.4 is 11.1 Å². The van der Waals surface area contributed by atoms with E-state index in [4.69, 9.17) is 5.73 Å². The molecular weight excluding hydrogens is 280 g/mol.